The van der Waals surface area contributed by atoms with Gasteiger partial charge in [0.2, 0.25) is 0 Å². The second kappa shape index (κ2) is 8.43. The molecule has 1 fully saturated rings. The summed E-state index contributed by atoms with van der Waals surface area (Å²) in [5, 5.41) is 10.3. The number of hydrogen-bond acceptors (Lipinski definition) is 3. The van der Waals surface area contributed by atoms with Gasteiger partial charge in [-0.15, -0.1) is 0 Å². The molecule has 3 heteroatoms. The molecule has 128 valence electrons. The molecule has 1 atom stereocenters. The first-order valence-electron chi connectivity index (χ1n) is 8.91. The van der Waals surface area contributed by atoms with Gasteiger partial charge in [0.15, 0.2) is 0 Å². The van der Waals surface area contributed by atoms with Crippen LogP contribution in [-0.2, 0) is 13.0 Å². The first-order valence-corrected chi connectivity index (χ1v) is 8.91. The lowest BCUT2D eigenvalue weighted by atomic mass is 10.1. The van der Waals surface area contributed by atoms with Crippen LogP contribution in [0.25, 0.3) is 0 Å². The quantitative estimate of drug-likeness (QED) is 0.885. The lowest BCUT2D eigenvalue weighted by Crippen LogP contribution is -2.48. The Balaban J connectivity index is 1.42. The highest BCUT2D eigenvalue weighted by Gasteiger charge is 2.19. The summed E-state index contributed by atoms with van der Waals surface area (Å²) in [6.45, 7) is 8.18. The van der Waals surface area contributed by atoms with Gasteiger partial charge >= 0.3 is 0 Å². The fourth-order valence-corrected chi connectivity index (χ4v) is 3.45. The van der Waals surface area contributed by atoms with Crippen molar-refractivity contribution in [2.24, 2.45) is 0 Å². The van der Waals surface area contributed by atoms with Crippen LogP contribution >= 0.6 is 0 Å². The molecule has 2 aromatic carbocycles. The number of nitrogens with zero attached hydrogens (tertiary/aromatic N) is 2. The molecule has 1 heterocycles. The summed E-state index contributed by atoms with van der Waals surface area (Å²) in [5.74, 6) is 0. The smallest absolute Gasteiger partial charge is 0.0707 e. The third-order valence-corrected chi connectivity index (χ3v) is 4.74. The fraction of sp³-hybridized carbons (Fsp3) is 0.429. The topological polar surface area (TPSA) is 26.7 Å². The number of piperazine rings is 1. The second-order valence-corrected chi connectivity index (χ2v) is 6.91. The van der Waals surface area contributed by atoms with Crippen molar-refractivity contribution in [2.75, 3.05) is 32.7 Å². The molecule has 1 aliphatic rings. The first-order chi connectivity index (χ1) is 11.7. The van der Waals surface area contributed by atoms with E-state index in [1.54, 1.807) is 0 Å². The number of aliphatic hydroxyl groups excluding tert-OH is 1. The van der Waals surface area contributed by atoms with E-state index in [9.17, 15) is 5.11 Å². The monoisotopic (exact) mass is 324 g/mol. The lowest BCUT2D eigenvalue weighted by Gasteiger charge is -2.35. The van der Waals surface area contributed by atoms with Gasteiger partial charge < -0.3 is 5.11 Å². The molecular formula is C21H28N2O. The Bertz CT molecular complexity index is 621. The highest BCUT2D eigenvalue weighted by Crippen LogP contribution is 2.11. The number of β-amino-alcohol motifs (C(OH)–C–C–N with tert-alkyl or cyclic N) is 1. The van der Waals surface area contributed by atoms with Gasteiger partial charge in [0.05, 0.1) is 6.10 Å². The summed E-state index contributed by atoms with van der Waals surface area (Å²) in [5.41, 5.74) is 3.94. The first kappa shape index (κ1) is 17.2. The molecule has 3 nitrogen and oxygen atoms in total. The maximum absolute atomic E-state index is 10.3. The summed E-state index contributed by atoms with van der Waals surface area (Å²) in [7, 11) is 0. The Morgan fingerprint density at radius 2 is 1.54 bits per heavy atom. The van der Waals surface area contributed by atoms with E-state index in [1.807, 2.05) is 18.2 Å². The van der Waals surface area contributed by atoms with Gasteiger partial charge in [-0.05, 0) is 24.5 Å². The average molecular weight is 324 g/mol. The van der Waals surface area contributed by atoms with Gasteiger partial charge in [0.25, 0.3) is 0 Å². The van der Waals surface area contributed by atoms with Crippen LogP contribution in [0.5, 0.6) is 0 Å². The molecule has 0 saturated carbocycles. The molecule has 0 aromatic heterocycles. The molecule has 0 radical (unpaired) electrons. The van der Waals surface area contributed by atoms with Crippen LogP contribution in [0.1, 0.15) is 16.7 Å². The molecule has 3 rings (SSSR count). The van der Waals surface area contributed by atoms with E-state index in [0.29, 0.717) is 0 Å². The highest BCUT2D eigenvalue weighted by molar-refractivity contribution is 5.22. The maximum atomic E-state index is 10.3. The van der Waals surface area contributed by atoms with Crippen LogP contribution < -0.4 is 0 Å². The number of aliphatic hydroxyl groups is 1. The molecular weight excluding hydrogens is 296 g/mol. The zero-order valence-corrected chi connectivity index (χ0v) is 14.6. The van der Waals surface area contributed by atoms with Crippen molar-refractivity contribution in [3.05, 3.63) is 71.3 Å². The highest BCUT2D eigenvalue weighted by atomic mass is 16.3. The van der Waals surface area contributed by atoms with Gasteiger partial charge in [0.1, 0.15) is 0 Å². The Hall–Kier alpha value is -1.68. The SMILES string of the molecule is Cc1cccc(CN2CCN(CC(O)Cc3ccccc3)CC2)c1. The molecule has 24 heavy (non-hydrogen) atoms. The Kier molecular flexibility index (Phi) is 6.02. The molecule has 1 saturated heterocycles. The molecule has 0 spiro atoms. The van der Waals surface area contributed by atoms with Crippen LogP contribution in [0.3, 0.4) is 0 Å². The minimum absolute atomic E-state index is 0.282. The molecule has 1 N–H and O–H groups in total. The summed E-state index contributed by atoms with van der Waals surface area (Å²) >= 11 is 0. The van der Waals surface area contributed by atoms with E-state index >= 15 is 0 Å². The second-order valence-electron chi connectivity index (χ2n) is 6.91. The van der Waals surface area contributed by atoms with E-state index in [1.165, 1.54) is 16.7 Å². The van der Waals surface area contributed by atoms with Crippen LogP contribution in [-0.4, -0.2) is 53.7 Å². The van der Waals surface area contributed by atoms with Crippen molar-refractivity contribution in [1.82, 2.24) is 9.80 Å². The standard InChI is InChI=1S/C21H28N2O/c1-18-6-5-9-20(14-18)16-22-10-12-23(13-11-22)17-21(24)15-19-7-3-2-4-8-19/h2-9,14,21,24H,10-13,15-17H2,1H3. The van der Waals surface area contributed by atoms with Gasteiger partial charge in [0, 0.05) is 39.3 Å². The van der Waals surface area contributed by atoms with E-state index < -0.39 is 0 Å². The zero-order valence-electron chi connectivity index (χ0n) is 14.6. The normalized spacial score (nSPS) is 17.8. The molecule has 0 amide bonds. The third kappa shape index (κ3) is 5.17. The zero-order chi connectivity index (χ0) is 16.8. The molecule has 2 aromatic rings. The van der Waals surface area contributed by atoms with Crippen LogP contribution in [0.4, 0.5) is 0 Å². The molecule has 1 unspecified atom stereocenters. The van der Waals surface area contributed by atoms with E-state index in [2.05, 4.69) is 53.1 Å². The van der Waals surface area contributed by atoms with Gasteiger partial charge in [-0.1, -0.05) is 60.2 Å². The molecule has 1 aliphatic heterocycles. The Labute approximate surface area is 145 Å². The third-order valence-electron chi connectivity index (χ3n) is 4.74. The van der Waals surface area contributed by atoms with Crippen molar-refractivity contribution < 1.29 is 5.11 Å². The Morgan fingerprint density at radius 1 is 0.875 bits per heavy atom. The lowest BCUT2D eigenvalue weighted by molar-refractivity contribution is 0.0704. The summed E-state index contributed by atoms with van der Waals surface area (Å²) in [6.07, 6.45) is 0.459. The van der Waals surface area contributed by atoms with Crippen molar-refractivity contribution in [1.29, 1.82) is 0 Å². The summed E-state index contributed by atoms with van der Waals surface area (Å²) < 4.78 is 0. The van der Waals surface area contributed by atoms with E-state index in [-0.39, 0.29) is 6.10 Å². The van der Waals surface area contributed by atoms with Gasteiger partial charge in [-0.3, -0.25) is 9.80 Å². The number of rotatable bonds is 6. The number of benzene rings is 2. The molecule has 0 aliphatic carbocycles. The minimum Gasteiger partial charge on any atom is -0.391 e. The van der Waals surface area contributed by atoms with Crippen molar-refractivity contribution in [2.45, 2.75) is 26.0 Å². The Morgan fingerprint density at radius 3 is 2.25 bits per heavy atom. The maximum Gasteiger partial charge on any atom is 0.0707 e. The van der Waals surface area contributed by atoms with Gasteiger partial charge in [-0.2, -0.15) is 0 Å². The van der Waals surface area contributed by atoms with E-state index in [4.69, 9.17) is 0 Å². The molecule has 0 bridgehead atoms. The minimum atomic E-state index is -0.282. The summed E-state index contributed by atoms with van der Waals surface area (Å²) in [4.78, 5) is 4.90. The van der Waals surface area contributed by atoms with Gasteiger partial charge in [-0.25, -0.2) is 0 Å². The van der Waals surface area contributed by atoms with Crippen molar-refractivity contribution in [3.8, 4) is 0 Å². The number of aryl methyl sites for hydroxylation is 1. The largest absolute Gasteiger partial charge is 0.391 e. The van der Waals surface area contributed by atoms with E-state index in [0.717, 1.165) is 45.7 Å². The summed E-state index contributed by atoms with van der Waals surface area (Å²) in [6, 6.07) is 19.0. The van der Waals surface area contributed by atoms with Crippen LogP contribution in [0.15, 0.2) is 54.6 Å². The van der Waals surface area contributed by atoms with Crippen LogP contribution in [0.2, 0.25) is 0 Å². The predicted octanol–water partition coefficient (Wildman–Crippen LogP) is 2.72. The average Bonchev–Trinajstić information content (AvgIpc) is 2.57. The predicted molar refractivity (Wildman–Crippen MR) is 99.0 cm³/mol. The van der Waals surface area contributed by atoms with Crippen molar-refractivity contribution in [3.63, 3.8) is 0 Å². The van der Waals surface area contributed by atoms with Crippen molar-refractivity contribution >= 4 is 0 Å². The van der Waals surface area contributed by atoms with Crippen LogP contribution in [0, 0.1) is 6.92 Å². The fourth-order valence-electron chi connectivity index (χ4n) is 3.45. The number of hydrogen-bond donors (Lipinski definition) is 1.